The van der Waals surface area contributed by atoms with Crippen LogP contribution in [0.3, 0.4) is 0 Å². The smallest absolute Gasteiger partial charge is 0.233 e. The van der Waals surface area contributed by atoms with Crippen LogP contribution in [0.25, 0.3) is 11.4 Å². The SMILES string of the molecule is CN(Cc1ccc(N(C)C)cc1)C(=O)CSc1nnc(-c2ccccc2)n1C. The number of anilines is 1. The molecular formula is C21H25N5OS. The lowest BCUT2D eigenvalue weighted by atomic mass is 10.2. The maximum atomic E-state index is 12.5. The lowest BCUT2D eigenvalue weighted by Gasteiger charge is -2.18. The summed E-state index contributed by atoms with van der Waals surface area (Å²) in [6.45, 7) is 0.585. The summed E-state index contributed by atoms with van der Waals surface area (Å²) in [4.78, 5) is 16.3. The molecule has 0 bridgehead atoms. The van der Waals surface area contributed by atoms with E-state index in [1.807, 2.05) is 63.1 Å². The van der Waals surface area contributed by atoms with Crippen LogP contribution in [0.15, 0.2) is 59.8 Å². The van der Waals surface area contributed by atoms with Crippen LogP contribution in [-0.2, 0) is 18.4 Å². The van der Waals surface area contributed by atoms with Gasteiger partial charge in [-0.05, 0) is 17.7 Å². The van der Waals surface area contributed by atoms with Crippen molar-refractivity contribution in [3.63, 3.8) is 0 Å². The topological polar surface area (TPSA) is 54.3 Å². The van der Waals surface area contributed by atoms with Gasteiger partial charge in [0, 0.05) is 46.0 Å². The van der Waals surface area contributed by atoms with E-state index in [2.05, 4.69) is 39.4 Å². The summed E-state index contributed by atoms with van der Waals surface area (Å²) in [7, 11) is 7.77. The number of amides is 1. The number of aromatic nitrogens is 3. The Labute approximate surface area is 170 Å². The van der Waals surface area contributed by atoms with E-state index < -0.39 is 0 Å². The molecule has 1 amide bonds. The second kappa shape index (κ2) is 8.93. The number of rotatable bonds is 7. The van der Waals surface area contributed by atoms with E-state index in [4.69, 9.17) is 0 Å². The van der Waals surface area contributed by atoms with Crippen LogP contribution in [0.2, 0.25) is 0 Å². The van der Waals surface area contributed by atoms with E-state index in [9.17, 15) is 4.79 Å². The molecule has 0 atom stereocenters. The van der Waals surface area contributed by atoms with Crippen molar-refractivity contribution in [1.82, 2.24) is 19.7 Å². The molecule has 1 aromatic heterocycles. The van der Waals surface area contributed by atoms with Gasteiger partial charge in [0.2, 0.25) is 5.91 Å². The van der Waals surface area contributed by atoms with Crippen LogP contribution < -0.4 is 4.90 Å². The number of hydrogen-bond acceptors (Lipinski definition) is 5. The van der Waals surface area contributed by atoms with E-state index in [1.165, 1.54) is 11.8 Å². The molecule has 0 radical (unpaired) electrons. The van der Waals surface area contributed by atoms with Gasteiger partial charge in [-0.1, -0.05) is 54.2 Å². The van der Waals surface area contributed by atoms with Crippen molar-refractivity contribution in [2.45, 2.75) is 11.7 Å². The first kappa shape index (κ1) is 19.9. The number of thioether (sulfide) groups is 1. The summed E-state index contributed by atoms with van der Waals surface area (Å²) in [6.07, 6.45) is 0. The minimum Gasteiger partial charge on any atom is -0.378 e. The third-order valence-corrected chi connectivity index (χ3v) is 5.49. The number of hydrogen-bond donors (Lipinski definition) is 0. The third-order valence-electron chi connectivity index (χ3n) is 4.49. The molecule has 0 unspecified atom stereocenters. The highest BCUT2D eigenvalue weighted by Gasteiger charge is 2.15. The Morgan fingerprint density at radius 3 is 2.32 bits per heavy atom. The summed E-state index contributed by atoms with van der Waals surface area (Å²) in [5.41, 5.74) is 3.26. The zero-order valence-corrected chi connectivity index (χ0v) is 17.5. The molecule has 146 valence electrons. The molecule has 0 aliphatic carbocycles. The summed E-state index contributed by atoms with van der Waals surface area (Å²) in [5.74, 6) is 1.18. The fourth-order valence-corrected chi connectivity index (χ4v) is 3.63. The van der Waals surface area contributed by atoms with Gasteiger partial charge in [-0.3, -0.25) is 4.79 Å². The van der Waals surface area contributed by atoms with Crippen molar-refractivity contribution in [2.24, 2.45) is 7.05 Å². The molecule has 1 heterocycles. The molecule has 0 aliphatic heterocycles. The van der Waals surface area contributed by atoms with E-state index in [0.29, 0.717) is 12.3 Å². The highest BCUT2D eigenvalue weighted by Crippen LogP contribution is 2.22. The van der Waals surface area contributed by atoms with Gasteiger partial charge < -0.3 is 14.4 Å². The fourth-order valence-electron chi connectivity index (χ4n) is 2.78. The van der Waals surface area contributed by atoms with Gasteiger partial charge in [0.15, 0.2) is 11.0 Å². The normalized spacial score (nSPS) is 10.7. The van der Waals surface area contributed by atoms with Crippen LogP contribution in [0, 0.1) is 0 Å². The monoisotopic (exact) mass is 395 g/mol. The second-order valence-corrected chi connectivity index (χ2v) is 7.77. The Morgan fingerprint density at radius 1 is 1.00 bits per heavy atom. The van der Waals surface area contributed by atoms with Crippen LogP contribution in [0.1, 0.15) is 5.56 Å². The van der Waals surface area contributed by atoms with Crippen molar-refractivity contribution in [1.29, 1.82) is 0 Å². The van der Waals surface area contributed by atoms with Gasteiger partial charge in [0.05, 0.1) is 5.75 Å². The summed E-state index contributed by atoms with van der Waals surface area (Å²) < 4.78 is 1.92. The van der Waals surface area contributed by atoms with Gasteiger partial charge in [-0.15, -0.1) is 10.2 Å². The average Bonchev–Trinajstić information content (AvgIpc) is 3.07. The number of carbonyl (C=O) groups is 1. The lowest BCUT2D eigenvalue weighted by molar-refractivity contribution is -0.127. The van der Waals surface area contributed by atoms with Crippen molar-refractivity contribution >= 4 is 23.4 Å². The van der Waals surface area contributed by atoms with Crippen molar-refractivity contribution in [3.8, 4) is 11.4 Å². The van der Waals surface area contributed by atoms with Gasteiger partial charge >= 0.3 is 0 Å². The van der Waals surface area contributed by atoms with Crippen LogP contribution in [-0.4, -0.2) is 52.5 Å². The maximum absolute atomic E-state index is 12.5. The quantitative estimate of drug-likeness (QED) is 0.575. The number of carbonyl (C=O) groups excluding carboxylic acids is 1. The number of nitrogens with zero attached hydrogens (tertiary/aromatic N) is 5. The van der Waals surface area contributed by atoms with Gasteiger partial charge in [-0.2, -0.15) is 0 Å². The van der Waals surface area contributed by atoms with Crippen LogP contribution >= 0.6 is 11.8 Å². The Balaban J connectivity index is 1.57. The van der Waals surface area contributed by atoms with E-state index >= 15 is 0 Å². The maximum Gasteiger partial charge on any atom is 0.233 e. The third kappa shape index (κ3) is 4.72. The van der Waals surface area contributed by atoms with Crippen molar-refractivity contribution in [2.75, 3.05) is 31.8 Å². The molecular weight excluding hydrogens is 370 g/mol. The molecule has 28 heavy (non-hydrogen) atoms. The molecule has 0 fully saturated rings. The Morgan fingerprint density at radius 2 is 1.68 bits per heavy atom. The minimum atomic E-state index is 0.0611. The van der Waals surface area contributed by atoms with Crippen LogP contribution in [0.4, 0.5) is 5.69 Å². The largest absolute Gasteiger partial charge is 0.378 e. The predicted octanol–water partition coefficient (Wildman–Crippen LogP) is 3.30. The molecule has 3 rings (SSSR count). The fraction of sp³-hybridized carbons (Fsp3) is 0.286. The molecule has 0 aliphatic rings. The van der Waals surface area contributed by atoms with Crippen molar-refractivity contribution < 1.29 is 4.79 Å². The average molecular weight is 396 g/mol. The molecule has 7 heteroatoms. The standard InChI is InChI=1S/C21H25N5OS/c1-24(2)18-12-10-16(11-13-18)14-25(3)19(27)15-28-21-23-22-20(26(21)4)17-8-6-5-7-9-17/h5-13H,14-15H2,1-4H3. The molecule has 2 aromatic carbocycles. The van der Waals surface area contributed by atoms with Gasteiger partial charge in [-0.25, -0.2) is 0 Å². The summed E-state index contributed by atoms with van der Waals surface area (Å²) in [5, 5.41) is 9.23. The van der Waals surface area contributed by atoms with E-state index in [1.54, 1.807) is 4.90 Å². The molecule has 0 N–H and O–H groups in total. The zero-order valence-electron chi connectivity index (χ0n) is 16.7. The van der Waals surface area contributed by atoms with Crippen LogP contribution in [0.5, 0.6) is 0 Å². The highest BCUT2D eigenvalue weighted by atomic mass is 32.2. The first-order valence-electron chi connectivity index (χ1n) is 9.03. The Hall–Kier alpha value is -2.80. The van der Waals surface area contributed by atoms with E-state index in [0.717, 1.165) is 27.8 Å². The molecule has 0 spiro atoms. The summed E-state index contributed by atoms with van der Waals surface area (Å²) in [6, 6.07) is 18.2. The van der Waals surface area contributed by atoms with Gasteiger partial charge in [0.25, 0.3) is 0 Å². The second-order valence-electron chi connectivity index (χ2n) is 6.83. The summed E-state index contributed by atoms with van der Waals surface area (Å²) >= 11 is 1.41. The zero-order chi connectivity index (χ0) is 20.1. The highest BCUT2D eigenvalue weighted by molar-refractivity contribution is 7.99. The van der Waals surface area contributed by atoms with Gasteiger partial charge in [0.1, 0.15) is 0 Å². The first-order valence-corrected chi connectivity index (χ1v) is 10.0. The van der Waals surface area contributed by atoms with E-state index in [-0.39, 0.29) is 5.91 Å². The Bertz CT molecular complexity index is 922. The predicted molar refractivity (Wildman–Crippen MR) is 114 cm³/mol. The molecule has 3 aromatic rings. The molecule has 0 saturated carbocycles. The molecule has 0 saturated heterocycles. The molecule has 6 nitrogen and oxygen atoms in total. The minimum absolute atomic E-state index is 0.0611. The Kier molecular flexibility index (Phi) is 6.36. The number of benzene rings is 2. The lowest BCUT2D eigenvalue weighted by Crippen LogP contribution is -2.27. The first-order chi connectivity index (χ1) is 13.5. The van der Waals surface area contributed by atoms with Crippen molar-refractivity contribution in [3.05, 3.63) is 60.2 Å².